The van der Waals surface area contributed by atoms with Crippen molar-refractivity contribution in [1.82, 2.24) is 10.2 Å². The molecule has 1 aliphatic heterocycles. The Balaban J connectivity index is 2.03. The van der Waals surface area contributed by atoms with Crippen LogP contribution in [0.1, 0.15) is 19.4 Å². The Kier molecular flexibility index (Phi) is 3.39. The summed E-state index contributed by atoms with van der Waals surface area (Å²) in [6.07, 6.45) is 0. The average molecular weight is 204 g/mol. The van der Waals surface area contributed by atoms with Gasteiger partial charge in [0.25, 0.3) is 0 Å². The predicted molar refractivity (Wildman–Crippen MR) is 63.8 cm³/mol. The molecule has 2 heteroatoms. The van der Waals surface area contributed by atoms with Gasteiger partial charge in [0, 0.05) is 31.7 Å². The van der Waals surface area contributed by atoms with Gasteiger partial charge in [0.2, 0.25) is 0 Å². The fourth-order valence-corrected chi connectivity index (χ4v) is 2.28. The second-order valence-electron chi connectivity index (χ2n) is 4.51. The van der Waals surface area contributed by atoms with Crippen LogP contribution in [0, 0.1) is 0 Å². The summed E-state index contributed by atoms with van der Waals surface area (Å²) in [6.45, 7) is 7.89. The summed E-state index contributed by atoms with van der Waals surface area (Å²) in [5.41, 5.74) is 1.41. The molecule has 1 heterocycles. The first-order valence-electron chi connectivity index (χ1n) is 5.78. The monoisotopic (exact) mass is 204 g/mol. The van der Waals surface area contributed by atoms with Gasteiger partial charge < -0.3 is 5.32 Å². The molecular weight excluding hydrogens is 184 g/mol. The molecule has 1 aromatic rings. The van der Waals surface area contributed by atoms with Crippen LogP contribution in [0.2, 0.25) is 0 Å². The molecule has 0 aromatic heterocycles. The molecule has 0 aliphatic carbocycles. The first kappa shape index (κ1) is 10.7. The van der Waals surface area contributed by atoms with Crippen LogP contribution in [0.15, 0.2) is 30.3 Å². The lowest BCUT2D eigenvalue weighted by Crippen LogP contribution is -2.54. The van der Waals surface area contributed by atoms with Crippen molar-refractivity contribution in [2.75, 3.05) is 13.1 Å². The van der Waals surface area contributed by atoms with Gasteiger partial charge in [-0.3, -0.25) is 4.90 Å². The SMILES string of the molecule is C[C@@H]1CNC[C@@H](C)N1Cc1ccccc1. The minimum Gasteiger partial charge on any atom is -0.314 e. The second-order valence-corrected chi connectivity index (χ2v) is 4.51. The van der Waals surface area contributed by atoms with E-state index in [0.29, 0.717) is 12.1 Å². The largest absolute Gasteiger partial charge is 0.314 e. The zero-order chi connectivity index (χ0) is 10.7. The summed E-state index contributed by atoms with van der Waals surface area (Å²) in [5.74, 6) is 0. The van der Waals surface area contributed by atoms with E-state index in [-0.39, 0.29) is 0 Å². The molecule has 2 nitrogen and oxygen atoms in total. The molecule has 1 N–H and O–H groups in total. The Morgan fingerprint density at radius 1 is 1.13 bits per heavy atom. The highest BCUT2D eigenvalue weighted by Crippen LogP contribution is 2.14. The maximum absolute atomic E-state index is 3.46. The van der Waals surface area contributed by atoms with Crippen molar-refractivity contribution in [1.29, 1.82) is 0 Å². The normalized spacial score (nSPS) is 27.9. The number of nitrogens with zero attached hydrogens (tertiary/aromatic N) is 1. The van der Waals surface area contributed by atoms with Crippen molar-refractivity contribution in [3.05, 3.63) is 35.9 Å². The molecule has 1 aliphatic rings. The van der Waals surface area contributed by atoms with Gasteiger partial charge in [0.1, 0.15) is 0 Å². The molecule has 2 atom stereocenters. The van der Waals surface area contributed by atoms with Crippen LogP contribution >= 0.6 is 0 Å². The van der Waals surface area contributed by atoms with Crippen LogP contribution in [0.5, 0.6) is 0 Å². The number of hydrogen-bond acceptors (Lipinski definition) is 2. The molecule has 0 unspecified atom stereocenters. The summed E-state index contributed by atoms with van der Waals surface area (Å²) in [6, 6.07) is 12.0. The molecule has 2 rings (SSSR count). The third-order valence-corrected chi connectivity index (χ3v) is 3.22. The van der Waals surface area contributed by atoms with Crippen LogP contribution in [-0.2, 0) is 6.54 Å². The van der Waals surface area contributed by atoms with Gasteiger partial charge in [-0.2, -0.15) is 0 Å². The molecule has 0 saturated carbocycles. The minimum absolute atomic E-state index is 0.633. The lowest BCUT2D eigenvalue weighted by atomic mass is 10.1. The smallest absolute Gasteiger partial charge is 0.0240 e. The molecule has 1 aromatic carbocycles. The van der Waals surface area contributed by atoms with Crippen molar-refractivity contribution in [2.24, 2.45) is 0 Å². The maximum atomic E-state index is 3.46. The Morgan fingerprint density at radius 3 is 2.33 bits per heavy atom. The zero-order valence-corrected chi connectivity index (χ0v) is 9.61. The van der Waals surface area contributed by atoms with E-state index in [2.05, 4.69) is 54.4 Å². The van der Waals surface area contributed by atoms with Crippen LogP contribution in [0.3, 0.4) is 0 Å². The predicted octanol–water partition coefficient (Wildman–Crippen LogP) is 1.87. The van der Waals surface area contributed by atoms with E-state index in [1.54, 1.807) is 0 Å². The number of hydrogen-bond donors (Lipinski definition) is 1. The third kappa shape index (κ3) is 2.58. The first-order valence-corrected chi connectivity index (χ1v) is 5.78. The Bertz CT molecular complexity index is 287. The van der Waals surface area contributed by atoms with Crippen LogP contribution in [-0.4, -0.2) is 30.1 Å². The van der Waals surface area contributed by atoms with E-state index in [4.69, 9.17) is 0 Å². The molecule has 82 valence electrons. The lowest BCUT2D eigenvalue weighted by molar-refractivity contribution is 0.109. The van der Waals surface area contributed by atoms with Crippen LogP contribution in [0.25, 0.3) is 0 Å². The van der Waals surface area contributed by atoms with Gasteiger partial charge in [-0.25, -0.2) is 0 Å². The minimum atomic E-state index is 0.633. The van der Waals surface area contributed by atoms with Crippen molar-refractivity contribution in [3.63, 3.8) is 0 Å². The van der Waals surface area contributed by atoms with Crippen molar-refractivity contribution < 1.29 is 0 Å². The van der Waals surface area contributed by atoms with Crippen LogP contribution in [0.4, 0.5) is 0 Å². The quantitative estimate of drug-likeness (QED) is 0.791. The third-order valence-electron chi connectivity index (χ3n) is 3.22. The summed E-state index contributed by atoms with van der Waals surface area (Å²) in [7, 11) is 0. The molecule has 0 radical (unpaired) electrons. The van der Waals surface area contributed by atoms with E-state index in [1.165, 1.54) is 5.56 Å². The van der Waals surface area contributed by atoms with E-state index in [0.717, 1.165) is 19.6 Å². The fraction of sp³-hybridized carbons (Fsp3) is 0.538. The average Bonchev–Trinajstić information content (AvgIpc) is 2.25. The Hall–Kier alpha value is -0.860. The first-order chi connectivity index (χ1) is 7.27. The Morgan fingerprint density at radius 2 is 1.73 bits per heavy atom. The Labute approximate surface area is 92.3 Å². The van der Waals surface area contributed by atoms with E-state index < -0.39 is 0 Å². The van der Waals surface area contributed by atoms with Crippen LogP contribution < -0.4 is 5.32 Å². The molecule has 0 bridgehead atoms. The molecule has 15 heavy (non-hydrogen) atoms. The highest BCUT2D eigenvalue weighted by atomic mass is 15.2. The number of piperazine rings is 1. The number of rotatable bonds is 2. The number of nitrogens with one attached hydrogen (secondary N) is 1. The maximum Gasteiger partial charge on any atom is 0.0240 e. The summed E-state index contributed by atoms with van der Waals surface area (Å²) in [4.78, 5) is 2.58. The van der Waals surface area contributed by atoms with Gasteiger partial charge in [0.05, 0.1) is 0 Å². The van der Waals surface area contributed by atoms with Gasteiger partial charge in [-0.05, 0) is 19.4 Å². The summed E-state index contributed by atoms with van der Waals surface area (Å²) in [5, 5.41) is 3.46. The fourth-order valence-electron chi connectivity index (χ4n) is 2.28. The van der Waals surface area contributed by atoms with Gasteiger partial charge in [0.15, 0.2) is 0 Å². The highest BCUT2D eigenvalue weighted by molar-refractivity contribution is 5.14. The molecule has 1 saturated heterocycles. The molecule has 0 spiro atoms. The van der Waals surface area contributed by atoms with E-state index in [1.807, 2.05) is 0 Å². The standard InChI is InChI=1S/C13H20N2/c1-11-8-14-9-12(2)15(11)10-13-6-4-3-5-7-13/h3-7,11-12,14H,8-10H2,1-2H3/t11-,12-/m1/s1. The molecule has 0 amide bonds. The summed E-state index contributed by atoms with van der Waals surface area (Å²) >= 11 is 0. The number of benzene rings is 1. The van der Waals surface area contributed by atoms with E-state index in [9.17, 15) is 0 Å². The molecular formula is C13H20N2. The van der Waals surface area contributed by atoms with Gasteiger partial charge in [-0.1, -0.05) is 30.3 Å². The highest BCUT2D eigenvalue weighted by Gasteiger charge is 2.23. The molecule has 1 fully saturated rings. The second kappa shape index (κ2) is 4.77. The van der Waals surface area contributed by atoms with E-state index >= 15 is 0 Å². The summed E-state index contributed by atoms with van der Waals surface area (Å²) < 4.78 is 0. The zero-order valence-electron chi connectivity index (χ0n) is 9.61. The van der Waals surface area contributed by atoms with Gasteiger partial charge >= 0.3 is 0 Å². The van der Waals surface area contributed by atoms with Crippen molar-refractivity contribution >= 4 is 0 Å². The lowest BCUT2D eigenvalue weighted by Gasteiger charge is -2.39. The topological polar surface area (TPSA) is 15.3 Å². The van der Waals surface area contributed by atoms with Crippen molar-refractivity contribution in [3.8, 4) is 0 Å². The van der Waals surface area contributed by atoms with Gasteiger partial charge in [-0.15, -0.1) is 0 Å². The van der Waals surface area contributed by atoms with Crippen molar-refractivity contribution in [2.45, 2.75) is 32.5 Å².